The molecule has 2 fully saturated rings. The van der Waals surface area contributed by atoms with Gasteiger partial charge < -0.3 is 5.32 Å². The summed E-state index contributed by atoms with van der Waals surface area (Å²) < 4.78 is 56.5. The first-order chi connectivity index (χ1) is 14.8. The molecule has 0 unspecified atom stereocenters. The lowest BCUT2D eigenvalue weighted by Crippen LogP contribution is -2.43. The number of sulfonamides is 1. The molecule has 2 N–H and O–H groups in total. The molecule has 2 aromatic carbocycles. The quantitative estimate of drug-likeness (QED) is 0.735. The number of fused-ring (bicyclic) bond motifs is 4. The molecule has 8 heteroatoms. The lowest BCUT2D eigenvalue weighted by molar-refractivity contribution is 0.427. The van der Waals surface area contributed by atoms with E-state index in [-0.39, 0.29) is 21.2 Å². The molecule has 2 aromatic rings. The van der Waals surface area contributed by atoms with Gasteiger partial charge in [0.2, 0.25) is 19.9 Å². The van der Waals surface area contributed by atoms with E-state index >= 15 is 0 Å². The highest BCUT2D eigenvalue weighted by molar-refractivity contribution is 7.92. The predicted octanol–water partition coefficient (Wildman–Crippen LogP) is 3.03. The number of aryl methyl sites for hydroxylation is 1. The summed E-state index contributed by atoms with van der Waals surface area (Å²) in [6.07, 6.45) is 5.27. The first-order valence-corrected chi connectivity index (χ1v) is 14.0. The van der Waals surface area contributed by atoms with Crippen LogP contribution in [-0.4, -0.2) is 36.0 Å². The summed E-state index contributed by atoms with van der Waals surface area (Å²) in [5.41, 5.74) is 1.87. The monoisotopic (exact) mass is 460 g/mol. The molecule has 0 atom stereocenters. The van der Waals surface area contributed by atoms with E-state index in [2.05, 4.69) is 10.0 Å². The molecule has 0 aromatic heterocycles. The van der Waals surface area contributed by atoms with Crippen molar-refractivity contribution in [2.75, 3.05) is 13.1 Å². The molecule has 0 bridgehead atoms. The van der Waals surface area contributed by atoms with Crippen LogP contribution in [0.1, 0.15) is 55.2 Å². The molecule has 166 valence electrons. The summed E-state index contributed by atoms with van der Waals surface area (Å²) in [6, 6.07) is 10.3. The predicted molar refractivity (Wildman–Crippen MR) is 119 cm³/mol. The Morgan fingerprint density at radius 3 is 2.39 bits per heavy atom. The van der Waals surface area contributed by atoms with Gasteiger partial charge in [0.1, 0.15) is 0 Å². The Bertz CT molecular complexity index is 1240. The molecule has 1 saturated carbocycles. The second-order valence-corrected chi connectivity index (χ2v) is 12.6. The molecule has 1 aliphatic carbocycles. The minimum Gasteiger partial charge on any atom is -0.317 e. The van der Waals surface area contributed by atoms with Gasteiger partial charge in [0.05, 0.1) is 14.7 Å². The van der Waals surface area contributed by atoms with Crippen molar-refractivity contribution in [1.29, 1.82) is 0 Å². The van der Waals surface area contributed by atoms with E-state index in [4.69, 9.17) is 0 Å². The van der Waals surface area contributed by atoms with E-state index in [1.54, 1.807) is 19.1 Å². The van der Waals surface area contributed by atoms with Crippen molar-refractivity contribution in [3.05, 3.63) is 53.1 Å². The zero-order valence-corrected chi connectivity index (χ0v) is 19.3. The Morgan fingerprint density at radius 2 is 1.68 bits per heavy atom. The number of piperidine rings is 1. The van der Waals surface area contributed by atoms with Crippen LogP contribution >= 0.6 is 0 Å². The minimum absolute atomic E-state index is 0.0703. The summed E-state index contributed by atoms with van der Waals surface area (Å²) >= 11 is 0. The van der Waals surface area contributed by atoms with Crippen molar-refractivity contribution >= 4 is 19.9 Å². The van der Waals surface area contributed by atoms with Gasteiger partial charge in [-0.15, -0.1) is 0 Å². The van der Waals surface area contributed by atoms with Gasteiger partial charge in [0.15, 0.2) is 0 Å². The fraction of sp³-hybridized carbons (Fsp3) is 0.478. The molecule has 2 aliphatic heterocycles. The number of benzene rings is 2. The second kappa shape index (κ2) is 7.40. The molecule has 3 aliphatic rings. The van der Waals surface area contributed by atoms with Crippen molar-refractivity contribution in [2.24, 2.45) is 0 Å². The van der Waals surface area contributed by atoms with E-state index in [0.29, 0.717) is 10.5 Å². The maximum Gasteiger partial charge on any atom is 0.241 e. The van der Waals surface area contributed by atoms with Gasteiger partial charge in [-0.3, -0.25) is 0 Å². The fourth-order valence-corrected chi connectivity index (χ4v) is 9.15. The zero-order valence-electron chi connectivity index (χ0n) is 17.6. The van der Waals surface area contributed by atoms with Gasteiger partial charge in [0.25, 0.3) is 0 Å². The summed E-state index contributed by atoms with van der Waals surface area (Å²) in [4.78, 5) is 0.549. The van der Waals surface area contributed by atoms with Crippen LogP contribution in [0.5, 0.6) is 0 Å². The second-order valence-electron chi connectivity index (χ2n) is 9.05. The molecule has 0 amide bonds. The van der Waals surface area contributed by atoms with Gasteiger partial charge in [-0.05, 0) is 74.5 Å². The standard InChI is InChI=1S/C23H28N2O4S2/c1-16-14-19-22(15-21(16)31(28,29)25-17-8-12-24-13-9-17)30(26,27)20-7-3-2-6-18(20)23(19)10-4-5-11-23/h2-3,6-7,14-15,17,24-25H,4-5,8-13H2,1H3. The van der Waals surface area contributed by atoms with E-state index < -0.39 is 19.9 Å². The maximum absolute atomic E-state index is 13.6. The topological polar surface area (TPSA) is 92.3 Å². The highest BCUT2D eigenvalue weighted by Gasteiger charge is 2.48. The molecule has 31 heavy (non-hydrogen) atoms. The molecule has 1 saturated heterocycles. The minimum atomic E-state index is -3.83. The first kappa shape index (κ1) is 21.1. The third kappa shape index (κ3) is 3.26. The first-order valence-electron chi connectivity index (χ1n) is 11.0. The van der Waals surface area contributed by atoms with Gasteiger partial charge in [-0.2, -0.15) is 0 Å². The van der Waals surface area contributed by atoms with Gasteiger partial charge in [0, 0.05) is 11.5 Å². The number of rotatable bonds is 3. The van der Waals surface area contributed by atoms with Crippen LogP contribution in [0.4, 0.5) is 0 Å². The summed E-state index contributed by atoms with van der Waals surface area (Å²) in [5, 5.41) is 3.23. The third-order valence-electron chi connectivity index (χ3n) is 7.18. The molecule has 1 spiro atoms. The largest absolute Gasteiger partial charge is 0.317 e. The normalized spacial score (nSPS) is 22.2. The van der Waals surface area contributed by atoms with Crippen LogP contribution < -0.4 is 10.0 Å². The average Bonchev–Trinajstić information content (AvgIpc) is 3.23. The molecular weight excluding hydrogens is 432 g/mol. The molecule has 6 nitrogen and oxygen atoms in total. The SMILES string of the molecule is Cc1cc2c(cc1S(=O)(=O)NC1CCNCC1)S(=O)(=O)c1ccccc1C21CCCC1. The highest BCUT2D eigenvalue weighted by atomic mass is 32.2. The number of hydrogen-bond donors (Lipinski definition) is 2. The smallest absolute Gasteiger partial charge is 0.241 e. The van der Waals surface area contributed by atoms with Gasteiger partial charge in [-0.25, -0.2) is 21.6 Å². The van der Waals surface area contributed by atoms with Crippen LogP contribution in [-0.2, 0) is 25.3 Å². The van der Waals surface area contributed by atoms with Crippen molar-refractivity contribution < 1.29 is 16.8 Å². The Hall–Kier alpha value is -1.74. The summed E-state index contributed by atoms with van der Waals surface area (Å²) in [5.74, 6) is 0. The van der Waals surface area contributed by atoms with Crippen LogP contribution in [0, 0.1) is 6.92 Å². The van der Waals surface area contributed by atoms with Crippen molar-refractivity contribution in [2.45, 2.75) is 71.6 Å². The van der Waals surface area contributed by atoms with Gasteiger partial charge in [-0.1, -0.05) is 37.1 Å². The third-order valence-corrected chi connectivity index (χ3v) is 10.7. The van der Waals surface area contributed by atoms with Crippen molar-refractivity contribution in [1.82, 2.24) is 10.0 Å². The fourth-order valence-electron chi connectivity index (χ4n) is 5.66. The zero-order chi connectivity index (χ0) is 21.9. The number of hydrogen-bond acceptors (Lipinski definition) is 5. The van der Waals surface area contributed by atoms with Crippen LogP contribution in [0.3, 0.4) is 0 Å². The van der Waals surface area contributed by atoms with E-state index in [0.717, 1.165) is 62.7 Å². The Kier molecular flexibility index (Phi) is 5.04. The van der Waals surface area contributed by atoms with E-state index in [1.165, 1.54) is 6.07 Å². The van der Waals surface area contributed by atoms with E-state index in [1.807, 2.05) is 18.2 Å². The maximum atomic E-state index is 13.6. The van der Waals surface area contributed by atoms with Gasteiger partial charge >= 0.3 is 0 Å². The Labute approximate surface area is 184 Å². The Balaban J connectivity index is 1.68. The van der Waals surface area contributed by atoms with Crippen LogP contribution in [0.15, 0.2) is 51.1 Å². The van der Waals surface area contributed by atoms with Crippen LogP contribution in [0.25, 0.3) is 0 Å². The lowest BCUT2D eigenvalue weighted by atomic mass is 9.72. The summed E-state index contributed by atoms with van der Waals surface area (Å²) in [6.45, 7) is 3.31. The molecule has 5 rings (SSSR count). The number of sulfone groups is 1. The average molecular weight is 461 g/mol. The lowest BCUT2D eigenvalue weighted by Gasteiger charge is -2.38. The Morgan fingerprint density at radius 1 is 1.00 bits per heavy atom. The molecular formula is C23H28N2O4S2. The number of nitrogens with one attached hydrogen (secondary N) is 2. The highest BCUT2D eigenvalue weighted by Crippen LogP contribution is 2.54. The van der Waals surface area contributed by atoms with Crippen molar-refractivity contribution in [3.63, 3.8) is 0 Å². The molecule has 2 heterocycles. The van der Waals surface area contributed by atoms with Crippen molar-refractivity contribution in [3.8, 4) is 0 Å². The molecule has 0 radical (unpaired) electrons. The summed E-state index contributed by atoms with van der Waals surface area (Å²) in [7, 11) is -7.63. The van der Waals surface area contributed by atoms with E-state index in [9.17, 15) is 16.8 Å². The van der Waals surface area contributed by atoms with Crippen LogP contribution in [0.2, 0.25) is 0 Å².